The van der Waals surface area contributed by atoms with Crippen LogP contribution in [0.25, 0.3) is 0 Å². The van der Waals surface area contributed by atoms with E-state index < -0.39 is 0 Å². The Morgan fingerprint density at radius 3 is 2.82 bits per heavy atom. The van der Waals surface area contributed by atoms with Crippen molar-refractivity contribution in [2.75, 3.05) is 5.32 Å². The van der Waals surface area contributed by atoms with E-state index in [-0.39, 0.29) is 17.7 Å². The SMILES string of the molecule is Cc1cc(C(=O)Nc2nnnn2C)ccc1F. The fourth-order valence-electron chi connectivity index (χ4n) is 1.29. The molecule has 0 unspecified atom stereocenters. The zero-order chi connectivity index (χ0) is 12.4. The van der Waals surface area contributed by atoms with E-state index in [9.17, 15) is 9.18 Å². The second kappa shape index (κ2) is 4.28. The number of nitrogens with one attached hydrogen (secondary N) is 1. The van der Waals surface area contributed by atoms with Crippen LogP contribution in [-0.4, -0.2) is 26.1 Å². The van der Waals surface area contributed by atoms with Gasteiger partial charge in [-0.2, -0.15) is 0 Å². The molecule has 0 saturated carbocycles. The first-order chi connectivity index (χ1) is 8.08. The largest absolute Gasteiger partial charge is 0.289 e. The number of anilines is 1. The van der Waals surface area contributed by atoms with Crippen molar-refractivity contribution in [3.63, 3.8) is 0 Å². The smallest absolute Gasteiger partial charge is 0.258 e. The molecule has 88 valence electrons. The maximum atomic E-state index is 13.0. The minimum Gasteiger partial charge on any atom is -0.289 e. The molecule has 0 saturated heterocycles. The number of halogens is 1. The zero-order valence-electron chi connectivity index (χ0n) is 9.31. The lowest BCUT2D eigenvalue weighted by Crippen LogP contribution is -2.15. The lowest BCUT2D eigenvalue weighted by molar-refractivity contribution is 0.102. The van der Waals surface area contributed by atoms with Gasteiger partial charge in [0.2, 0.25) is 5.95 Å². The standard InChI is InChI=1S/C10H10FN5O/c1-6-5-7(3-4-8(6)11)9(17)12-10-13-14-15-16(10)2/h3-5H,1-2H3,(H,12,13,15,17). The number of tetrazole rings is 1. The molecule has 1 amide bonds. The lowest BCUT2D eigenvalue weighted by atomic mass is 10.1. The van der Waals surface area contributed by atoms with E-state index in [1.807, 2.05) is 0 Å². The number of carbonyl (C=O) groups is 1. The van der Waals surface area contributed by atoms with Gasteiger partial charge in [0.1, 0.15) is 5.82 Å². The summed E-state index contributed by atoms with van der Waals surface area (Å²) in [6.07, 6.45) is 0. The highest BCUT2D eigenvalue weighted by molar-refractivity contribution is 6.03. The molecule has 0 bridgehead atoms. The van der Waals surface area contributed by atoms with Crippen LogP contribution >= 0.6 is 0 Å². The third kappa shape index (κ3) is 2.27. The summed E-state index contributed by atoms with van der Waals surface area (Å²) in [5, 5.41) is 13.1. The summed E-state index contributed by atoms with van der Waals surface area (Å²) in [6.45, 7) is 1.59. The van der Waals surface area contributed by atoms with E-state index in [2.05, 4.69) is 20.8 Å². The number of amides is 1. The summed E-state index contributed by atoms with van der Waals surface area (Å²) in [5.74, 6) is -0.496. The fourth-order valence-corrected chi connectivity index (χ4v) is 1.29. The molecule has 0 aliphatic carbocycles. The Balaban J connectivity index is 2.20. The van der Waals surface area contributed by atoms with Gasteiger partial charge >= 0.3 is 0 Å². The van der Waals surface area contributed by atoms with Gasteiger partial charge in [0.15, 0.2) is 0 Å². The van der Waals surface area contributed by atoms with Crippen LogP contribution in [0.15, 0.2) is 18.2 Å². The molecule has 6 nitrogen and oxygen atoms in total. The normalized spacial score (nSPS) is 10.3. The molecule has 1 aromatic heterocycles. The van der Waals surface area contributed by atoms with Crippen LogP contribution in [0.4, 0.5) is 10.3 Å². The molecular formula is C10H10FN5O. The number of aromatic nitrogens is 4. The molecule has 1 heterocycles. The van der Waals surface area contributed by atoms with Gasteiger partial charge in [0.25, 0.3) is 5.91 Å². The van der Waals surface area contributed by atoms with Crippen LogP contribution in [-0.2, 0) is 7.05 Å². The van der Waals surface area contributed by atoms with Crippen molar-refractivity contribution in [3.8, 4) is 0 Å². The summed E-state index contributed by atoms with van der Waals surface area (Å²) in [7, 11) is 1.60. The van der Waals surface area contributed by atoms with Crippen LogP contribution in [0.3, 0.4) is 0 Å². The molecule has 0 spiro atoms. The van der Waals surface area contributed by atoms with Gasteiger partial charge in [-0.05, 0) is 41.1 Å². The van der Waals surface area contributed by atoms with Gasteiger partial charge in [-0.1, -0.05) is 5.10 Å². The molecule has 17 heavy (non-hydrogen) atoms. The van der Waals surface area contributed by atoms with Gasteiger partial charge in [0, 0.05) is 12.6 Å². The Hall–Kier alpha value is -2.31. The monoisotopic (exact) mass is 235 g/mol. The number of carbonyl (C=O) groups excluding carboxylic acids is 1. The summed E-state index contributed by atoms with van der Waals surface area (Å²) < 4.78 is 14.4. The van der Waals surface area contributed by atoms with Crippen molar-refractivity contribution in [1.82, 2.24) is 20.2 Å². The molecule has 0 radical (unpaired) electrons. The van der Waals surface area contributed by atoms with E-state index in [1.54, 1.807) is 14.0 Å². The highest BCUT2D eigenvalue weighted by Crippen LogP contribution is 2.10. The molecule has 0 atom stereocenters. The Bertz CT molecular complexity index is 566. The Morgan fingerprint density at radius 1 is 1.47 bits per heavy atom. The molecule has 0 aliphatic rings. The fraction of sp³-hybridized carbons (Fsp3) is 0.200. The van der Waals surface area contributed by atoms with E-state index in [1.165, 1.54) is 22.9 Å². The first-order valence-corrected chi connectivity index (χ1v) is 4.88. The van der Waals surface area contributed by atoms with Crippen molar-refractivity contribution in [2.45, 2.75) is 6.92 Å². The third-order valence-electron chi connectivity index (χ3n) is 2.27. The van der Waals surface area contributed by atoms with Crippen LogP contribution < -0.4 is 5.32 Å². The summed E-state index contributed by atoms with van der Waals surface area (Å²) in [6, 6.07) is 4.12. The van der Waals surface area contributed by atoms with Gasteiger partial charge in [-0.25, -0.2) is 9.07 Å². The molecule has 7 heteroatoms. The maximum Gasteiger partial charge on any atom is 0.258 e. The third-order valence-corrected chi connectivity index (χ3v) is 2.27. The lowest BCUT2D eigenvalue weighted by Gasteiger charge is -2.04. The topological polar surface area (TPSA) is 72.7 Å². The molecule has 2 rings (SSSR count). The highest BCUT2D eigenvalue weighted by Gasteiger charge is 2.11. The zero-order valence-corrected chi connectivity index (χ0v) is 9.31. The van der Waals surface area contributed by atoms with Crippen molar-refractivity contribution in [3.05, 3.63) is 35.1 Å². The van der Waals surface area contributed by atoms with E-state index in [0.717, 1.165) is 0 Å². The van der Waals surface area contributed by atoms with E-state index in [0.29, 0.717) is 11.1 Å². The molecular weight excluding hydrogens is 225 g/mol. The van der Waals surface area contributed by atoms with Crippen molar-refractivity contribution in [1.29, 1.82) is 0 Å². The molecule has 0 fully saturated rings. The van der Waals surface area contributed by atoms with E-state index >= 15 is 0 Å². The predicted octanol–water partition coefficient (Wildman–Crippen LogP) is 0.910. The predicted molar refractivity (Wildman–Crippen MR) is 57.9 cm³/mol. The molecule has 2 aromatic rings. The van der Waals surface area contributed by atoms with Crippen LogP contribution in [0.2, 0.25) is 0 Å². The first-order valence-electron chi connectivity index (χ1n) is 4.88. The van der Waals surface area contributed by atoms with Crippen molar-refractivity contribution >= 4 is 11.9 Å². The Labute approximate surface area is 96.4 Å². The maximum absolute atomic E-state index is 13.0. The number of nitrogens with zero attached hydrogens (tertiary/aromatic N) is 4. The van der Waals surface area contributed by atoms with Crippen molar-refractivity contribution < 1.29 is 9.18 Å². The number of hydrogen-bond donors (Lipinski definition) is 1. The van der Waals surface area contributed by atoms with E-state index in [4.69, 9.17) is 0 Å². The van der Waals surface area contributed by atoms with Gasteiger partial charge in [-0.15, -0.1) is 0 Å². The number of aryl methyl sites for hydroxylation is 2. The van der Waals surface area contributed by atoms with Gasteiger partial charge in [0.05, 0.1) is 0 Å². The average molecular weight is 235 g/mol. The average Bonchev–Trinajstić information content (AvgIpc) is 2.68. The minimum absolute atomic E-state index is 0.233. The highest BCUT2D eigenvalue weighted by atomic mass is 19.1. The summed E-state index contributed by atoms with van der Waals surface area (Å²) >= 11 is 0. The summed E-state index contributed by atoms with van der Waals surface area (Å²) in [5.41, 5.74) is 0.764. The molecule has 1 N–H and O–H groups in total. The number of rotatable bonds is 2. The minimum atomic E-state index is -0.383. The Kier molecular flexibility index (Phi) is 2.82. The Morgan fingerprint density at radius 2 is 2.24 bits per heavy atom. The van der Waals surface area contributed by atoms with Crippen molar-refractivity contribution in [2.24, 2.45) is 7.05 Å². The second-order valence-electron chi connectivity index (χ2n) is 3.54. The first kappa shape index (κ1) is 11.2. The van der Waals surface area contributed by atoms with Crippen LogP contribution in [0.1, 0.15) is 15.9 Å². The van der Waals surface area contributed by atoms with Crippen LogP contribution in [0, 0.1) is 12.7 Å². The van der Waals surface area contributed by atoms with Crippen LogP contribution in [0.5, 0.6) is 0 Å². The molecule has 1 aromatic carbocycles. The summed E-state index contributed by atoms with van der Waals surface area (Å²) in [4.78, 5) is 11.8. The second-order valence-corrected chi connectivity index (χ2v) is 3.54. The molecule has 0 aliphatic heterocycles. The number of benzene rings is 1. The quantitative estimate of drug-likeness (QED) is 0.839. The van der Waals surface area contributed by atoms with Gasteiger partial charge in [-0.3, -0.25) is 10.1 Å². The van der Waals surface area contributed by atoms with Gasteiger partial charge < -0.3 is 0 Å². The number of hydrogen-bond acceptors (Lipinski definition) is 4.